The van der Waals surface area contributed by atoms with Crippen LogP contribution in [0.3, 0.4) is 0 Å². The first-order valence-electron chi connectivity index (χ1n) is 5.13. The van der Waals surface area contributed by atoms with Crippen LogP contribution in [-0.4, -0.2) is 13.1 Å². The number of hydrogen-bond acceptors (Lipinski definition) is 2. The monoisotopic (exact) mass is 180 g/mol. The average Bonchev–Trinajstić information content (AvgIpc) is 2.29. The van der Waals surface area contributed by atoms with Crippen LogP contribution in [0, 0.1) is 11.8 Å². The van der Waals surface area contributed by atoms with Crippen molar-refractivity contribution < 1.29 is 9.53 Å². The average molecular weight is 180 g/mol. The van der Waals surface area contributed by atoms with E-state index in [4.69, 9.17) is 4.74 Å². The van der Waals surface area contributed by atoms with Crippen LogP contribution in [0.4, 0.5) is 0 Å². The molecule has 1 fully saturated rings. The quantitative estimate of drug-likeness (QED) is 0.579. The fourth-order valence-electron chi connectivity index (χ4n) is 2.49. The van der Waals surface area contributed by atoms with Gasteiger partial charge in [0, 0.05) is 5.57 Å². The lowest BCUT2D eigenvalue weighted by Gasteiger charge is -2.33. The molecular weight excluding hydrogens is 164 g/mol. The summed E-state index contributed by atoms with van der Waals surface area (Å²) in [5.41, 5.74) is 0.939. The number of carbonyl (C=O) groups is 1. The minimum atomic E-state index is -0.108. The van der Waals surface area contributed by atoms with Crippen molar-refractivity contribution >= 4 is 5.97 Å². The second-order valence-corrected chi connectivity index (χ2v) is 4.02. The Hall–Kier alpha value is -0.790. The molecule has 2 nitrogen and oxygen atoms in total. The number of allylic oxidation sites excluding steroid dienone is 1. The van der Waals surface area contributed by atoms with Gasteiger partial charge in [0.1, 0.15) is 0 Å². The molecule has 2 aliphatic rings. The largest absolute Gasteiger partial charge is 0.466 e. The molecule has 0 N–H and O–H groups in total. The molecule has 2 rings (SSSR count). The van der Waals surface area contributed by atoms with Gasteiger partial charge in [-0.05, 0) is 24.7 Å². The maximum absolute atomic E-state index is 11.3. The third-order valence-electron chi connectivity index (χ3n) is 3.28. The van der Waals surface area contributed by atoms with Gasteiger partial charge in [-0.25, -0.2) is 4.79 Å². The highest BCUT2D eigenvalue weighted by Gasteiger charge is 2.37. The Labute approximate surface area is 79.0 Å². The predicted molar refractivity (Wildman–Crippen MR) is 50.2 cm³/mol. The van der Waals surface area contributed by atoms with Crippen molar-refractivity contribution in [1.29, 1.82) is 0 Å². The zero-order valence-electron chi connectivity index (χ0n) is 8.08. The van der Waals surface area contributed by atoms with Crippen molar-refractivity contribution in [3.63, 3.8) is 0 Å². The Morgan fingerprint density at radius 2 is 2.15 bits per heavy atom. The summed E-state index contributed by atoms with van der Waals surface area (Å²) in [6.45, 7) is 0. The zero-order valence-corrected chi connectivity index (χ0v) is 8.08. The Bertz CT molecular complexity index is 242. The Morgan fingerprint density at radius 1 is 1.38 bits per heavy atom. The van der Waals surface area contributed by atoms with Crippen LogP contribution in [-0.2, 0) is 9.53 Å². The third-order valence-corrected chi connectivity index (χ3v) is 3.28. The first-order valence-corrected chi connectivity index (χ1v) is 5.13. The van der Waals surface area contributed by atoms with Crippen LogP contribution >= 0.6 is 0 Å². The number of rotatable bonds is 1. The van der Waals surface area contributed by atoms with E-state index in [1.807, 2.05) is 0 Å². The molecule has 13 heavy (non-hydrogen) atoms. The van der Waals surface area contributed by atoms with E-state index in [9.17, 15) is 4.79 Å². The SMILES string of the molecule is COC(=O)C1=C[C@H]2CCCCC[C@@H]12. The number of methoxy groups -OCH3 is 1. The van der Waals surface area contributed by atoms with Crippen molar-refractivity contribution in [3.05, 3.63) is 11.6 Å². The van der Waals surface area contributed by atoms with Crippen LogP contribution in [0.2, 0.25) is 0 Å². The Balaban J connectivity index is 2.05. The first kappa shape index (κ1) is 8.79. The molecule has 2 aliphatic carbocycles. The van der Waals surface area contributed by atoms with Gasteiger partial charge in [-0.1, -0.05) is 25.3 Å². The molecule has 0 heterocycles. The molecule has 0 aromatic carbocycles. The highest BCUT2D eigenvalue weighted by Crippen LogP contribution is 2.43. The van der Waals surface area contributed by atoms with Gasteiger partial charge >= 0.3 is 5.97 Å². The molecular formula is C11H16O2. The van der Waals surface area contributed by atoms with Gasteiger partial charge < -0.3 is 4.74 Å². The van der Waals surface area contributed by atoms with E-state index in [0.29, 0.717) is 11.8 Å². The van der Waals surface area contributed by atoms with E-state index in [0.717, 1.165) is 5.57 Å². The predicted octanol–water partition coefficient (Wildman–Crippen LogP) is 2.30. The van der Waals surface area contributed by atoms with Gasteiger partial charge in [-0.3, -0.25) is 0 Å². The summed E-state index contributed by atoms with van der Waals surface area (Å²) in [5.74, 6) is 1.09. The van der Waals surface area contributed by atoms with Crippen molar-refractivity contribution in [1.82, 2.24) is 0 Å². The van der Waals surface area contributed by atoms with E-state index in [-0.39, 0.29) is 5.97 Å². The van der Waals surface area contributed by atoms with E-state index < -0.39 is 0 Å². The summed E-state index contributed by atoms with van der Waals surface area (Å²) in [6.07, 6.45) is 8.50. The van der Waals surface area contributed by atoms with Crippen LogP contribution in [0.25, 0.3) is 0 Å². The minimum absolute atomic E-state index is 0.108. The number of carbonyl (C=O) groups excluding carboxylic acids is 1. The highest BCUT2D eigenvalue weighted by molar-refractivity contribution is 5.90. The van der Waals surface area contributed by atoms with Gasteiger partial charge in [-0.15, -0.1) is 0 Å². The summed E-state index contributed by atoms with van der Waals surface area (Å²) >= 11 is 0. The smallest absolute Gasteiger partial charge is 0.333 e. The standard InChI is InChI=1S/C11H16O2/c1-13-11(12)10-7-8-5-3-2-4-6-9(8)10/h7-9H,2-6H2,1H3/t8-,9-/m1/s1. The molecule has 0 unspecified atom stereocenters. The van der Waals surface area contributed by atoms with Crippen molar-refractivity contribution in [2.24, 2.45) is 11.8 Å². The van der Waals surface area contributed by atoms with Crippen LogP contribution in [0.15, 0.2) is 11.6 Å². The Kier molecular flexibility index (Phi) is 2.38. The van der Waals surface area contributed by atoms with Crippen molar-refractivity contribution in [3.8, 4) is 0 Å². The number of ether oxygens (including phenoxy) is 1. The lowest BCUT2D eigenvalue weighted by atomic mass is 9.72. The maximum Gasteiger partial charge on any atom is 0.333 e. The fourth-order valence-corrected chi connectivity index (χ4v) is 2.49. The van der Waals surface area contributed by atoms with Crippen molar-refractivity contribution in [2.75, 3.05) is 7.11 Å². The minimum Gasteiger partial charge on any atom is -0.466 e. The fraction of sp³-hybridized carbons (Fsp3) is 0.727. The molecule has 2 heteroatoms. The van der Waals surface area contributed by atoms with Crippen LogP contribution in [0.1, 0.15) is 32.1 Å². The molecule has 0 radical (unpaired) electrons. The van der Waals surface area contributed by atoms with Gasteiger partial charge in [-0.2, -0.15) is 0 Å². The van der Waals surface area contributed by atoms with Gasteiger partial charge in [0.05, 0.1) is 7.11 Å². The molecule has 0 amide bonds. The van der Waals surface area contributed by atoms with Gasteiger partial charge in [0.2, 0.25) is 0 Å². The van der Waals surface area contributed by atoms with E-state index in [2.05, 4.69) is 6.08 Å². The number of esters is 1. The molecule has 0 saturated heterocycles. The number of hydrogen-bond donors (Lipinski definition) is 0. The second kappa shape index (κ2) is 3.52. The van der Waals surface area contributed by atoms with E-state index in [1.165, 1.54) is 39.2 Å². The molecule has 72 valence electrons. The molecule has 0 aliphatic heterocycles. The van der Waals surface area contributed by atoms with Crippen molar-refractivity contribution in [2.45, 2.75) is 32.1 Å². The summed E-state index contributed by atoms with van der Waals surface area (Å²) in [5, 5.41) is 0. The van der Waals surface area contributed by atoms with E-state index >= 15 is 0 Å². The lowest BCUT2D eigenvalue weighted by Crippen LogP contribution is -2.29. The number of fused-ring (bicyclic) bond motifs is 1. The van der Waals surface area contributed by atoms with Gasteiger partial charge in [0.25, 0.3) is 0 Å². The van der Waals surface area contributed by atoms with Crippen LogP contribution in [0.5, 0.6) is 0 Å². The third kappa shape index (κ3) is 1.50. The molecule has 2 atom stereocenters. The maximum atomic E-state index is 11.3. The second-order valence-electron chi connectivity index (χ2n) is 4.02. The van der Waals surface area contributed by atoms with Gasteiger partial charge in [0.15, 0.2) is 0 Å². The normalized spacial score (nSPS) is 32.2. The molecule has 1 saturated carbocycles. The zero-order chi connectivity index (χ0) is 9.26. The molecule has 0 spiro atoms. The summed E-state index contributed by atoms with van der Waals surface area (Å²) in [6, 6.07) is 0. The Morgan fingerprint density at radius 3 is 2.92 bits per heavy atom. The molecule has 0 bridgehead atoms. The summed E-state index contributed by atoms with van der Waals surface area (Å²) in [7, 11) is 1.47. The highest BCUT2D eigenvalue weighted by atomic mass is 16.5. The molecule has 0 aromatic rings. The summed E-state index contributed by atoms with van der Waals surface area (Å²) in [4.78, 5) is 11.3. The topological polar surface area (TPSA) is 26.3 Å². The first-order chi connectivity index (χ1) is 6.33. The summed E-state index contributed by atoms with van der Waals surface area (Å²) < 4.78 is 4.74. The molecule has 0 aromatic heterocycles. The lowest BCUT2D eigenvalue weighted by molar-refractivity contribution is -0.137. The van der Waals surface area contributed by atoms with Crippen LogP contribution < -0.4 is 0 Å². The van der Waals surface area contributed by atoms with E-state index in [1.54, 1.807) is 0 Å².